The second-order valence-electron chi connectivity index (χ2n) is 4.13. The zero-order chi connectivity index (χ0) is 15.1. The molecule has 4 nitrogen and oxygen atoms in total. The zero-order valence-corrected chi connectivity index (χ0v) is 11.9. The van der Waals surface area contributed by atoms with Crippen molar-refractivity contribution in [2.45, 2.75) is 6.42 Å². The Morgan fingerprint density at radius 3 is 2.90 bits per heavy atom. The number of aliphatic hydroxyl groups is 1. The van der Waals surface area contributed by atoms with Gasteiger partial charge < -0.3 is 10.4 Å². The molecule has 0 atom stereocenters. The molecule has 2 N–H and O–H groups in total. The smallest absolute Gasteiger partial charge is 0.274 e. The molecule has 0 saturated carbocycles. The van der Waals surface area contributed by atoms with Gasteiger partial charge in [0, 0.05) is 23.2 Å². The summed E-state index contributed by atoms with van der Waals surface area (Å²) in [5.74, 6) is 5.37. The number of nitrogens with zero attached hydrogens (tertiary/aromatic N) is 1. The van der Waals surface area contributed by atoms with Gasteiger partial charge in [-0.2, -0.15) is 0 Å². The molecule has 0 spiro atoms. The van der Waals surface area contributed by atoms with Crippen LogP contribution in [-0.2, 0) is 0 Å². The molecule has 5 heteroatoms. The molecular weight excluding hydrogens is 288 g/mol. The average Bonchev–Trinajstić information content (AvgIpc) is 2.51. The van der Waals surface area contributed by atoms with Gasteiger partial charge in [0.15, 0.2) is 0 Å². The lowest BCUT2D eigenvalue weighted by molar-refractivity contribution is 0.102. The Kier molecular flexibility index (Phi) is 5.33. The molecule has 0 fully saturated rings. The number of carbonyl (C=O) groups is 1. The number of hydrogen-bond donors (Lipinski definition) is 2. The summed E-state index contributed by atoms with van der Waals surface area (Å²) in [6.45, 7) is -0.0107. The van der Waals surface area contributed by atoms with Gasteiger partial charge >= 0.3 is 0 Å². The molecule has 0 aliphatic carbocycles. The number of hydrogen-bond acceptors (Lipinski definition) is 3. The molecule has 2 rings (SSSR count). The summed E-state index contributed by atoms with van der Waals surface area (Å²) in [4.78, 5) is 16.1. The van der Waals surface area contributed by atoms with Gasteiger partial charge in [0.25, 0.3) is 5.91 Å². The highest BCUT2D eigenvalue weighted by molar-refractivity contribution is 6.30. The number of aliphatic hydroxyl groups excluding tert-OH is 1. The highest BCUT2D eigenvalue weighted by Crippen LogP contribution is 2.20. The normalized spacial score (nSPS) is 9.62. The standard InChI is InChI=1S/C16H13ClN2O2/c17-13-7-8-14(12(11-13)5-2-4-10-20)19-16(21)15-6-1-3-9-18-15/h1,3,6-9,11,20H,4,10H2,(H,19,21). The molecule has 1 aromatic heterocycles. The van der Waals surface area contributed by atoms with E-state index >= 15 is 0 Å². The second-order valence-corrected chi connectivity index (χ2v) is 4.57. The van der Waals surface area contributed by atoms with Gasteiger partial charge in [-0.25, -0.2) is 0 Å². The highest BCUT2D eigenvalue weighted by Gasteiger charge is 2.09. The number of rotatable bonds is 3. The van der Waals surface area contributed by atoms with Gasteiger partial charge in [-0.3, -0.25) is 9.78 Å². The number of aromatic nitrogens is 1. The summed E-state index contributed by atoms with van der Waals surface area (Å²) in [6, 6.07) is 10.1. The maximum Gasteiger partial charge on any atom is 0.274 e. The molecule has 0 aliphatic rings. The molecule has 0 bridgehead atoms. The third-order valence-electron chi connectivity index (χ3n) is 2.59. The number of carbonyl (C=O) groups excluding carboxylic acids is 1. The van der Waals surface area contributed by atoms with Gasteiger partial charge in [0.05, 0.1) is 12.3 Å². The van der Waals surface area contributed by atoms with Crippen molar-refractivity contribution < 1.29 is 9.90 Å². The van der Waals surface area contributed by atoms with E-state index in [0.29, 0.717) is 28.4 Å². The average molecular weight is 301 g/mol. The number of nitrogens with one attached hydrogen (secondary N) is 1. The molecule has 0 saturated heterocycles. The van der Waals surface area contributed by atoms with Crippen LogP contribution in [0.25, 0.3) is 0 Å². The molecule has 21 heavy (non-hydrogen) atoms. The minimum atomic E-state index is -0.317. The van der Waals surface area contributed by atoms with Crippen LogP contribution in [0.15, 0.2) is 42.6 Å². The molecule has 2 aromatic rings. The minimum absolute atomic E-state index is 0.0107. The molecular formula is C16H13ClN2O2. The Hall–Kier alpha value is -2.35. The fourth-order valence-electron chi connectivity index (χ4n) is 1.63. The van der Waals surface area contributed by atoms with E-state index in [4.69, 9.17) is 16.7 Å². The lowest BCUT2D eigenvalue weighted by atomic mass is 10.1. The van der Waals surface area contributed by atoms with Crippen LogP contribution in [0.1, 0.15) is 22.5 Å². The Bertz CT molecular complexity index is 690. The van der Waals surface area contributed by atoms with Crippen LogP contribution < -0.4 is 5.32 Å². The third-order valence-corrected chi connectivity index (χ3v) is 2.82. The zero-order valence-electron chi connectivity index (χ0n) is 11.1. The molecule has 0 radical (unpaired) electrons. The fraction of sp³-hybridized carbons (Fsp3) is 0.125. The Morgan fingerprint density at radius 1 is 1.33 bits per heavy atom. The van der Waals surface area contributed by atoms with Crippen LogP contribution in [-0.4, -0.2) is 22.6 Å². The SMILES string of the molecule is O=C(Nc1ccc(Cl)cc1C#CCCO)c1ccccn1. The van der Waals surface area contributed by atoms with Crippen molar-refractivity contribution in [3.8, 4) is 11.8 Å². The first-order chi connectivity index (χ1) is 10.2. The maximum absolute atomic E-state index is 12.1. The van der Waals surface area contributed by atoms with Crippen molar-refractivity contribution in [2.75, 3.05) is 11.9 Å². The first kappa shape index (κ1) is 15.0. The molecule has 0 aliphatic heterocycles. The van der Waals surface area contributed by atoms with Gasteiger partial charge in [-0.05, 0) is 30.3 Å². The Balaban J connectivity index is 2.24. The number of pyridine rings is 1. The van der Waals surface area contributed by atoms with Crippen LogP contribution in [0.3, 0.4) is 0 Å². The minimum Gasteiger partial charge on any atom is -0.395 e. The summed E-state index contributed by atoms with van der Waals surface area (Å²) in [5, 5.41) is 12.0. The maximum atomic E-state index is 12.1. The van der Waals surface area contributed by atoms with Crippen molar-refractivity contribution in [1.29, 1.82) is 0 Å². The van der Waals surface area contributed by atoms with E-state index in [0.717, 1.165) is 0 Å². The van der Waals surface area contributed by atoms with E-state index in [1.807, 2.05) is 0 Å². The van der Waals surface area contributed by atoms with Crippen LogP contribution in [0.2, 0.25) is 5.02 Å². The molecule has 1 heterocycles. The summed E-state index contributed by atoms with van der Waals surface area (Å²) < 4.78 is 0. The number of anilines is 1. The van der Waals surface area contributed by atoms with E-state index < -0.39 is 0 Å². The van der Waals surface area contributed by atoms with Crippen molar-refractivity contribution >= 4 is 23.2 Å². The third kappa shape index (κ3) is 4.32. The first-order valence-corrected chi connectivity index (χ1v) is 6.70. The Morgan fingerprint density at radius 2 is 2.19 bits per heavy atom. The molecule has 0 unspecified atom stereocenters. The van der Waals surface area contributed by atoms with Crippen molar-refractivity contribution in [2.24, 2.45) is 0 Å². The topological polar surface area (TPSA) is 62.2 Å². The van der Waals surface area contributed by atoms with E-state index in [1.165, 1.54) is 0 Å². The van der Waals surface area contributed by atoms with Gasteiger partial charge in [-0.1, -0.05) is 29.5 Å². The van der Waals surface area contributed by atoms with Gasteiger partial charge in [0.2, 0.25) is 0 Å². The van der Waals surface area contributed by atoms with Crippen LogP contribution in [0.4, 0.5) is 5.69 Å². The van der Waals surface area contributed by atoms with Crippen molar-refractivity contribution in [3.05, 3.63) is 58.9 Å². The highest BCUT2D eigenvalue weighted by atomic mass is 35.5. The van der Waals surface area contributed by atoms with Crippen LogP contribution >= 0.6 is 11.6 Å². The quantitative estimate of drug-likeness (QED) is 0.857. The van der Waals surface area contributed by atoms with Crippen LogP contribution in [0.5, 0.6) is 0 Å². The van der Waals surface area contributed by atoms with Crippen LogP contribution in [0, 0.1) is 11.8 Å². The lowest BCUT2D eigenvalue weighted by Gasteiger charge is -2.07. The first-order valence-electron chi connectivity index (χ1n) is 6.32. The summed E-state index contributed by atoms with van der Waals surface area (Å²) in [6.07, 6.45) is 1.92. The summed E-state index contributed by atoms with van der Waals surface area (Å²) >= 11 is 5.94. The largest absolute Gasteiger partial charge is 0.395 e. The summed E-state index contributed by atoms with van der Waals surface area (Å²) in [5.41, 5.74) is 1.47. The number of amides is 1. The van der Waals surface area contributed by atoms with Crippen molar-refractivity contribution in [1.82, 2.24) is 4.98 Å². The number of halogens is 1. The number of benzene rings is 1. The fourth-order valence-corrected chi connectivity index (χ4v) is 1.80. The lowest BCUT2D eigenvalue weighted by Crippen LogP contribution is -2.14. The molecule has 1 amide bonds. The Labute approximate surface area is 127 Å². The molecule has 106 valence electrons. The van der Waals surface area contributed by atoms with E-state index in [1.54, 1.807) is 42.6 Å². The second kappa shape index (κ2) is 7.44. The monoisotopic (exact) mass is 300 g/mol. The predicted octanol–water partition coefficient (Wildman–Crippen LogP) is 2.72. The van der Waals surface area contributed by atoms with Crippen molar-refractivity contribution in [3.63, 3.8) is 0 Å². The van der Waals surface area contributed by atoms with Gasteiger partial charge in [-0.15, -0.1) is 0 Å². The van der Waals surface area contributed by atoms with E-state index in [9.17, 15) is 4.79 Å². The molecule has 1 aromatic carbocycles. The summed E-state index contributed by atoms with van der Waals surface area (Å²) in [7, 11) is 0. The predicted molar refractivity (Wildman–Crippen MR) is 82.2 cm³/mol. The van der Waals surface area contributed by atoms with E-state index in [2.05, 4.69) is 22.1 Å². The van der Waals surface area contributed by atoms with E-state index in [-0.39, 0.29) is 12.5 Å². The van der Waals surface area contributed by atoms with Gasteiger partial charge in [0.1, 0.15) is 5.69 Å².